The van der Waals surface area contributed by atoms with Gasteiger partial charge in [0, 0.05) is 35.6 Å². The van der Waals surface area contributed by atoms with Crippen molar-refractivity contribution in [1.82, 2.24) is 9.62 Å². The predicted molar refractivity (Wildman–Crippen MR) is 114 cm³/mol. The number of hydrogen-bond donors (Lipinski definition) is 2. The summed E-state index contributed by atoms with van der Waals surface area (Å²) in [6.07, 6.45) is 0. The van der Waals surface area contributed by atoms with Crippen molar-refractivity contribution in [2.75, 3.05) is 40.0 Å². The fraction of sp³-hybridized carbons (Fsp3) is 0.400. The average Bonchev–Trinajstić information content (AvgIpc) is 2.68. The van der Waals surface area contributed by atoms with Crippen molar-refractivity contribution in [3.8, 4) is 0 Å². The highest BCUT2D eigenvalue weighted by molar-refractivity contribution is 7.89. The molecular formula is C20H24Cl2N2O4S. The first-order valence-corrected chi connectivity index (χ1v) is 11.5. The van der Waals surface area contributed by atoms with Gasteiger partial charge in [-0.3, -0.25) is 0 Å². The van der Waals surface area contributed by atoms with Crippen LogP contribution in [0.4, 0.5) is 0 Å². The first kappa shape index (κ1) is 22.5. The highest BCUT2D eigenvalue weighted by Gasteiger charge is 2.28. The van der Waals surface area contributed by atoms with Crippen LogP contribution in [0.15, 0.2) is 41.3 Å². The second-order valence-corrected chi connectivity index (χ2v) is 9.62. The maximum atomic E-state index is 12.6. The zero-order chi connectivity index (χ0) is 21.0. The molecule has 0 spiro atoms. The van der Waals surface area contributed by atoms with Crippen molar-refractivity contribution in [3.63, 3.8) is 0 Å². The van der Waals surface area contributed by atoms with Crippen LogP contribution in [0.25, 0.3) is 0 Å². The number of ether oxygens (including phenoxy) is 1. The first-order valence-electron chi connectivity index (χ1n) is 9.26. The minimum Gasteiger partial charge on any atom is -0.394 e. The fourth-order valence-corrected chi connectivity index (χ4v) is 5.16. The quantitative estimate of drug-likeness (QED) is 0.594. The monoisotopic (exact) mass is 458 g/mol. The molecule has 3 rings (SSSR count). The van der Waals surface area contributed by atoms with Crippen LogP contribution < -0.4 is 4.72 Å². The van der Waals surface area contributed by atoms with Crippen LogP contribution in [0.2, 0.25) is 10.0 Å². The Morgan fingerprint density at radius 3 is 2.79 bits per heavy atom. The van der Waals surface area contributed by atoms with Gasteiger partial charge in [0.15, 0.2) is 0 Å². The number of nitrogens with one attached hydrogen (secondary N) is 1. The van der Waals surface area contributed by atoms with Crippen molar-refractivity contribution < 1.29 is 18.3 Å². The van der Waals surface area contributed by atoms with Crippen molar-refractivity contribution in [2.45, 2.75) is 17.4 Å². The number of likely N-dealkylation sites (N-methyl/N-ethyl adjacent to an activating group) is 1. The van der Waals surface area contributed by atoms with Crippen LogP contribution in [-0.4, -0.2) is 58.4 Å². The molecule has 0 radical (unpaired) electrons. The lowest BCUT2D eigenvalue weighted by Crippen LogP contribution is -2.31. The summed E-state index contributed by atoms with van der Waals surface area (Å²) in [6, 6.07) is 10.6. The zero-order valence-corrected chi connectivity index (χ0v) is 18.4. The number of fused-ring (bicyclic) bond motifs is 1. The van der Waals surface area contributed by atoms with E-state index in [2.05, 4.69) is 9.62 Å². The molecule has 6 nitrogen and oxygen atoms in total. The molecule has 158 valence electrons. The van der Waals surface area contributed by atoms with Crippen molar-refractivity contribution >= 4 is 33.2 Å². The Hall–Kier alpha value is -1.19. The maximum Gasteiger partial charge on any atom is 0.240 e. The van der Waals surface area contributed by atoms with Crippen molar-refractivity contribution in [1.29, 1.82) is 0 Å². The van der Waals surface area contributed by atoms with Gasteiger partial charge in [0.05, 0.1) is 24.7 Å². The lowest BCUT2D eigenvalue weighted by molar-refractivity contribution is 0.0961. The number of nitrogens with zero attached hydrogens (tertiary/aromatic N) is 1. The molecule has 0 saturated heterocycles. The van der Waals surface area contributed by atoms with Gasteiger partial charge in [-0.05, 0) is 48.0 Å². The number of hydrogen-bond acceptors (Lipinski definition) is 5. The van der Waals surface area contributed by atoms with Crippen molar-refractivity contribution in [2.24, 2.45) is 0 Å². The highest BCUT2D eigenvalue weighted by Crippen LogP contribution is 2.38. The Morgan fingerprint density at radius 2 is 2.03 bits per heavy atom. The third-order valence-electron chi connectivity index (χ3n) is 4.84. The average molecular weight is 459 g/mol. The molecule has 0 fully saturated rings. The summed E-state index contributed by atoms with van der Waals surface area (Å²) in [7, 11) is -1.66. The van der Waals surface area contributed by atoms with E-state index in [0.29, 0.717) is 10.0 Å². The Morgan fingerprint density at radius 1 is 1.24 bits per heavy atom. The first-order chi connectivity index (χ1) is 13.8. The summed E-state index contributed by atoms with van der Waals surface area (Å²) in [6.45, 7) is 1.85. The topological polar surface area (TPSA) is 78.9 Å². The number of halogens is 2. The molecule has 0 amide bonds. The molecule has 0 aliphatic carbocycles. The molecule has 2 aromatic rings. The van der Waals surface area contributed by atoms with Gasteiger partial charge in [-0.25, -0.2) is 13.1 Å². The smallest absolute Gasteiger partial charge is 0.240 e. The number of benzene rings is 2. The van der Waals surface area contributed by atoms with Crippen LogP contribution in [0.3, 0.4) is 0 Å². The van der Waals surface area contributed by atoms with Gasteiger partial charge in [-0.2, -0.15) is 0 Å². The van der Waals surface area contributed by atoms with E-state index in [4.69, 9.17) is 33.0 Å². The molecule has 1 unspecified atom stereocenters. The van der Waals surface area contributed by atoms with Crippen molar-refractivity contribution in [3.05, 3.63) is 63.1 Å². The number of aliphatic hydroxyl groups excluding tert-OH is 1. The summed E-state index contributed by atoms with van der Waals surface area (Å²) in [5.74, 6) is -0.0389. The Kier molecular flexibility index (Phi) is 7.56. The molecule has 2 N–H and O–H groups in total. The predicted octanol–water partition coefficient (Wildman–Crippen LogP) is 2.86. The highest BCUT2D eigenvalue weighted by atomic mass is 35.5. The van der Waals surface area contributed by atoms with Gasteiger partial charge in [0.25, 0.3) is 0 Å². The van der Waals surface area contributed by atoms with E-state index >= 15 is 0 Å². The maximum absolute atomic E-state index is 12.6. The SMILES string of the molecule is CN1Cc2c(Cl)cc(Cl)cc2C(c2cccc(S(=O)(=O)NCCOCCO)c2)C1. The normalized spacial score (nSPS) is 17.3. The second-order valence-electron chi connectivity index (χ2n) is 7.01. The number of rotatable bonds is 8. The molecule has 29 heavy (non-hydrogen) atoms. The van der Waals surface area contributed by atoms with Crippen LogP contribution >= 0.6 is 23.2 Å². The molecule has 0 bridgehead atoms. The molecular weight excluding hydrogens is 435 g/mol. The minimum absolute atomic E-state index is 0.0389. The summed E-state index contributed by atoms with van der Waals surface area (Å²) in [4.78, 5) is 2.35. The van der Waals surface area contributed by atoms with E-state index in [1.54, 1.807) is 24.3 Å². The molecule has 1 heterocycles. The van der Waals surface area contributed by atoms with Gasteiger partial charge in [-0.15, -0.1) is 0 Å². The third kappa shape index (κ3) is 5.49. The van der Waals surface area contributed by atoms with E-state index in [9.17, 15) is 8.42 Å². The third-order valence-corrected chi connectivity index (χ3v) is 6.85. The largest absolute Gasteiger partial charge is 0.394 e. The van der Waals surface area contributed by atoms with E-state index in [0.717, 1.165) is 29.8 Å². The van der Waals surface area contributed by atoms with E-state index in [1.165, 1.54) is 0 Å². The van der Waals surface area contributed by atoms with Gasteiger partial charge < -0.3 is 14.7 Å². The zero-order valence-electron chi connectivity index (χ0n) is 16.1. The van der Waals surface area contributed by atoms with E-state index in [1.807, 2.05) is 19.2 Å². The molecule has 2 aromatic carbocycles. The van der Waals surface area contributed by atoms with Gasteiger partial charge in [-0.1, -0.05) is 35.3 Å². The van der Waals surface area contributed by atoms with Gasteiger partial charge in [0.2, 0.25) is 10.0 Å². The number of aliphatic hydroxyl groups is 1. The molecule has 0 saturated carbocycles. The van der Waals surface area contributed by atoms with Crippen LogP contribution in [0.1, 0.15) is 22.6 Å². The van der Waals surface area contributed by atoms with Crippen LogP contribution in [0, 0.1) is 0 Å². The van der Waals surface area contributed by atoms with Crippen LogP contribution in [0.5, 0.6) is 0 Å². The van der Waals surface area contributed by atoms with Gasteiger partial charge >= 0.3 is 0 Å². The molecule has 1 atom stereocenters. The summed E-state index contributed by atoms with van der Waals surface area (Å²) in [5, 5.41) is 9.89. The summed E-state index contributed by atoms with van der Waals surface area (Å²) in [5.41, 5.74) is 2.93. The summed E-state index contributed by atoms with van der Waals surface area (Å²) < 4.78 is 32.9. The molecule has 1 aliphatic heterocycles. The number of sulfonamides is 1. The molecule has 9 heteroatoms. The van der Waals surface area contributed by atoms with Gasteiger partial charge in [0.1, 0.15) is 0 Å². The molecule has 0 aromatic heterocycles. The van der Waals surface area contributed by atoms with E-state index < -0.39 is 10.0 Å². The van der Waals surface area contributed by atoms with Crippen LogP contribution in [-0.2, 0) is 21.3 Å². The lowest BCUT2D eigenvalue weighted by atomic mass is 9.85. The lowest BCUT2D eigenvalue weighted by Gasteiger charge is -2.33. The van der Waals surface area contributed by atoms with E-state index in [-0.39, 0.29) is 37.2 Å². The summed E-state index contributed by atoms with van der Waals surface area (Å²) >= 11 is 12.7. The Labute approximate surface area is 181 Å². The Balaban J connectivity index is 1.87. The second kappa shape index (κ2) is 9.75. The fourth-order valence-electron chi connectivity index (χ4n) is 3.53. The standard InChI is InChI=1S/C20H24Cl2N2O4S/c1-24-12-18(17-10-15(21)11-20(22)19(17)13-24)14-3-2-4-16(9-14)29(26,27)23-5-7-28-8-6-25/h2-4,9-11,18,23,25H,5-8,12-13H2,1H3. The molecule has 1 aliphatic rings. The Bertz CT molecular complexity index is 969. The minimum atomic E-state index is -3.67.